The number of aromatic nitrogens is 2. The zero-order valence-electron chi connectivity index (χ0n) is 9.07. The Balaban J connectivity index is 1.97. The number of nitrogens with one attached hydrogen (secondary N) is 1. The van der Waals surface area contributed by atoms with Gasteiger partial charge < -0.3 is 5.32 Å². The summed E-state index contributed by atoms with van der Waals surface area (Å²) in [5.74, 6) is -0.236. The number of non-ortho nitro benzene ring substituents is 1. The lowest BCUT2D eigenvalue weighted by atomic mass is 10.1. The second-order valence-electron chi connectivity index (χ2n) is 3.39. The number of carbonyl (C=O) groups excluding carboxylic acids is 1. The third kappa shape index (κ3) is 3.08. The molecule has 0 unspecified atom stereocenters. The molecule has 2 aromatic rings. The molecule has 0 saturated carbocycles. The van der Waals surface area contributed by atoms with Gasteiger partial charge in [0.15, 0.2) is 0 Å². The maximum Gasteiger partial charge on any atom is 0.269 e. The summed E-state index contributed by atoms with van der Waals surface area (Å²) in [5, 5.41) is 20.7. The Morgan fingerprint density at radius 1 is 1.39 bits per heavy atom. The van der Waals surface area contributed by atoms with Crippen molar-refractivity contribution in [2.24, 2.45) is 0 Å². The van der Waals surface area contributed by atoms with Crippen molar-refractivity contribution in [2.45, 2.75) is 6.42 Å². The van der Waals surface area contributed by atoms with Crippen LogP contribution in [-0.2, 0) is 11.2 Å². The summed E-state index contributed by atoms with van der Waals surface area (Å²) in [4.78, 5) is 21.6. The molecule has 0 aliphatic heterocycles. The van der Waals surface area contributed by atoms with E-state index in [9.17, 15) is 14.9 Å². The summed E-state index contributed by atoms with van der Waals surface area (Å²) >= 11 is 1.22. The van der Waals surface area contributed by atoms with Gasteiger partial charge in [-0.1, -0.05) is 23.5 Å². The molecule has 0 saturated heterocycles. The number of hydrogen-bond acceptors (Lipinski definition) is 6. The van der Waals surface area contributed by atoms with Gasteiger partial charge in [-0.2, -0.15) is 0 Å². The van der Waals surface area contributed by atoms with Crippen LogP contribution in [0.4, 0.5) is 10.8 Å². The minimum absolute atomic E-state index is 0.00304. The van der Waals surface area contributed by atoms with Crippen molar-refractivity contribution in [3.05, 3.63) is 45.5 Å². The Morgan fingerprint density at radius 3 is 2.67 bits per heavy atom. The molecule has 92 valence electrons. The first-order valence-corrected chi connectivity index (χ1v) is 5.82. The highest BCUT2D eigenvalue weighted by molar-refractivity contribution is 7.13. The molecule has 1 heterocycles. The fourth-order valence-electron chi connectivity index (χ4n) is 1.31. The molecule has 0 aliphatic rings. The number of benzene rings is 1. The minimum atomic E-state index is -0.481. The van der Waals surface area contributed by atoms with Crippen LogP contribution < -0.4 is 5.32 Å². The van der Waals surface area contributed by atoms with Crippen molar-refractivity contribution in [2.75, 3.05) is 5.32 Å². The van der Waals surface area contributed by atoms with E-state index in [2.05, 4.69) is 15.5 Å². The summed E-state index contributed by atoms with van der Waals surface area (Å²) in [6.07, 6.45) is 0.136. The van der Waals surface area contributed by atoms with Gasteiger partial charge in [-0.3, -0.25) is 14.9 Å². The molecule has 0 radical (unpaired) electrons. The van der Waals surface area contributed by atoms with Crippen LogP contribution in [0, 0.1) is 10.1 Å². The third-order valence-corrected chi connectivity index (χ3v) is 2.72. The summed E-state index contributed by atoms with van der Waals surface area (Å²) in [5.41, 5.74) is 2.22. The molecule has 0 fully saturated rings. The highest BCUT2D eigenvalue weighted by Crippen LogP contribution is 2.13. The van der Waals surface area contributed by atoms with Crippen LogP contribution in [0.1, 0.15) is 5.56 Å². The number of nitro groups is 1. The first-order chi connectivity index (χ1) is 8.65. The van der Waals surface area contributed by atoms with Crippen molar-refractivity contribution in [1.29, 1.82) is 0 Å². The van der Waals surface area contributed by atoms with E-state index < -0.39 is 4.92 Å². The van der Waals surface area contributed by atoms with E-state index in [-0.39, 0.29) is 18.0 Å². The topological polar surface area (TPSA) is 98.0 Å². The lowest BCUT2D eigenvalue weighted by molar-refractivity contribution is -0.384. The zero-order chi connectivity index (χ0) is 13.0. The smallest absolute Gasteiger partial charge is 0.269 e. The summed E-state index contributed by atoms with van der Waals surface area (Å²) < 4.78 is 0. The van der Waals surface area contributed by atoms with Gasteiger partial charge in [0.05, 0.1) is 11.3 Å². The number of nitro benzene ring substituents is 1. The monoisotopic (exact) mass is 264 g/mol. The molecule has 1 N–H and O–H groups in total. The summed E-state index contributed by atoms with van der Waals surface area (Å²) in [7, 11) is 0. The SMILES string of the molecule is O=C(Cc1ccc([N+](=O)[O-])cc1)Nc1nncs1. The van der Waals surface area contributed by atoms with Crippen LogP contribution in [0.15, 0.2) is 29.8 Å². The fourth-order valence-corrected chi connectivity index (χ4v) is 1.77. The predicted octanol–water partition coefficient (Wildman–Crippen LogP) is 1.63. The lowest BCUT2D eigenvalue weighted by Gasteiger charge is -2.01. The first-order valence-electron chi connectivity index (χ1n) is 4.94. The standard InChI is InChI=1S/C10H8N4O3S/c15-9(12-10-13-11-6-18-10)5-7-1-3-8(4-2-7)14(16)17/h1-4,6H,5H2,(H,12,13,15). The summed E-state index contributed by atoms with van der Waals surface area (Å²) in [6.45, 7) is 0. The molecule has 0 bridgehead atoms. The van der Waals surface area contributed by atoms with E-state index in [1.165, 1.54) is 29.0 Å². The molecule has 1 amide bonds. The molecule has 1 aromatic carbocycles. The van der Waals surface area contributed by atoms with Crippen LogP contribution in [0.25, 0.3) is 0 Å². The van der Waals surface area contributed by atoms with Gasteiger partial charge in [-0.05, 0) is 5.56 Å². The molecule has 0 atom stereocenters. The molecule has 18 heavy (non-hydrogen) atoms. The quantitative estimate of drug-likeness (QED) is 0.668. The highest BCUT2D eigenvalue weighted by atomic mass is 32.1. The molecule has 1 aromatic heterocycles. The molecular weight excluding hydrogens is 256 g/mol. The first kappa shape index (κ1) is 12.1. The van der Waals surface area contributed by atoms with E-state index in [0.29, 0.717) is 10.7 Å². The van der Waals surface area contributed by atoms with Crippen LogP contribution in [0.5, 0.6) is 0 Å². The number of carbonyl (C=O) groups is 1. The van der Waals surface area contributed by atoms with Crippen molar-refractivity contribution in [3.8, 4) is 0 Å². The van der Waals surface area contributed by atoms with Gasteiger partial charge in [-0.25, -0.2) is 0 Å². The van der Waals surface area contributed by atoms with Crippen LogP contribution in [0.3, 0.4) is 0 Å². The molecule has 8 heteroatoms. The van der Waals surface area contributed by atoms with Crippen molar-refractivity contribution < 1.29 is 9.72 Å². The maximum absolute atomic E-state index is 11.6. The van der Waals surface area contributed by atoms with Crippen LogP contribution >= 0.6 is 11.3 Å². The number of amides is 1. The van der Waals surface area contributed by atoms with Crippen LogP contribution in [0.2, 0.25) is 0 Å². The molecular formula is C10H8N4O3S. The van der Waals surface area contributed by atoms with Gasteiger partial charge in [0, 0.05) is 12.1 Å². The highest BCUT2D eigenvalue weighted by Gasteiger charge is 2.08. The van der Waals surface area contributed by atoms with E-state index in [1.54, 1.807) is 12.1 Å². The second kappa shape index (κ2) is 5.32. The Hall–Kier alpha value is -2.35. The van der Waals surface area contributed by atoms with Gasteiger partial charge in [0.1, 0.15) is 5.51 Å². The normalized spacial score (nSPS) is 10.0. The fraction of sp³-hybridized carbons (Fsp3) is 0.100. The van der Waals surface area contributed by atoms with Crippen LogP contribution in [-0.4, -0.2) is 21.0 Å². The average molecular weight is 264 g/mol. The summed E-state index contributed by atoms with van der Waals surface area (Å²) in [6, 6.07) is 5.84. The van der Waals surface area contributed by atoms with E-state index in [4.69, 9.17) is 0 Å². The Kier molecular flexibility index (Phi) is 3.58. The number of nitrogens with zero attached hydrogens (tertiary/aromatic N) is 3. The maximum atomic E-state index is 11.6. The van der Waals surface area contributed by atoms with Gasteiger partial charge in [0.2, 0.25) is 11.0 Å². The third-order valence-electron chi connectivity index (χ3n) is 2.12. The van der Waals surface area contributed by atoms with Crippen molar-refractivity contribution in [1.82, 2.24) is 10.2 Å². The largest absolute Gasteiger partial charge is 0.300 e. The van der Waals surface area contributed by atoms with E-state index >= 15 is 0 Å². The Labute approximate surface area is 106 Å². The van der Waals surface area contributed by atoms with Crippen molar-refractivity contribution >= 4 is 28.1 Å². The number of hydrogen-bond donors (Lipinski definition) is 1. The average Bonchev–Trinajstić information content (AvgIpc) is 2.82. The Bertz CT molecular complexity index is 553. The molecule has 0 spiro atoms. The van der Waals surface area contributed by atoms with Gasteiger partial charge in [0.25, 0.3) is 5.69 Å². The number of anilines is 1. The minimum Gasteiger partial charge on any atom is -0.300 e. The molecule has 7 nitrogen and oxygen atoms in total. The number of rotatable bonds is 4. The predicted molar refractivity (Wildman–Crippen MR) is 65.3 cm³/mol. The van der Waals surface area contributed by atoms with Gasteiger partial charge in [-0.15, -0.1) is 10.2 Å². The zero-order valence-corrected chi connectivity index (χ0v) is 9.88. The van der Waals surface area contributed by atoms with Gasteiger partial charge >= 0.3 is 0 Å². The lowest BCUT2D eigenvalue weighted by Crippen LogP contribution is -2.14. The van der Waals surface area contributed by atoms with E-state index in [0.717, 1.165) is 0 Å². The van der Waals surface area contributed by atoms with E-state index in [1.807, 2.05) is 0 Å². The second-order valence-corrected chi connectivity index (χ2v) is 4.23. The Morgan fingerprint density at radius 2 is 2.11 bits per heavy atom. The van der Waals surface area contributed by atoms with Crippen molar-refractivity contribution in [3.63, 3.8) is 0 Å². The molecule has 0 aliphatic carbocycles. The molecule has 2 rings (SSSR count).